The number of nitrogens with zero attached hydrogens (tertiary/aromatic N) is 3. The van der Waals surface area contributed by atoms with Crippen LogP contribution in [-0.4, -0.2) is 49.7 Å². The molecule has 4 aromatic rings. The lowest BCUT2D eigenvalue weighted by Gasteiger charge is -2.14. The molecule has 35 heavy (non-hydrogen) atoms. The van der Waals surface area contributed by atoms with Crippen molar-refractivity contribution in [2.24, 2.45) is 7.05 Å². The van der Waals surface area contributed by atoms with E-state index in [1.165, 1.54) is 19.3 Å². The fourth-order valence-electron chi connectivity index (χ4n) is 4.21. The predicted octanol–water partition coefficient (Wildman–Crippen LogP) is 3.45. The number of H-pyrrole nitrogens is 1. The van der Waals surface area contributed by atoms with Crippen LogP contribution in [0.4, 0.5) is 16.3 Å². The number of amides is 2. The minimum atomic E-state index is -1.23. The Morgan fingerprint density at radius 3 is 2.37 bits per heavy atom. The second-order valence-corrected chi connectivity index (χ2v) is 7.91. The molecule has 0 radical (unpaired) electrons. The number of aromatic nitrogens is 4. The quantitative estimate of drug-likeness (QED) is 0.335. The Hall–Kier alpha value is -4.93. The topological polar surface area (TPSA) is 151 Å². The lowest BCUT2D eigenvalue weighted by atomic mass is 9.98. The average molecular weight is 472 g/mol. The zero-order valence-electron chi connectivity index (χ0n) is 18.5. The maximum absolute atomic E-state index is 12.5. The third-order valence-electron chi connectivity index (χ3n) is 5.79. The van der Waals surface area contributed by atoms with Crippen LogP contribution in [0.25, 0.3) is 11.1 Å². The number of carbonyl (C=O) groups excluding carboxylic acids is 2. The summed E-state index contributed by atoms with van der Waals surface area (Å²) in [5, 5.41) is 24.5. The molecule has 0 saturated carbocycles. The number of anilines is 2. The van der Waals surface area contributed by atoms with Crippen molar-refractivity contribution < 1.29 is 24.2 Å². The first-order chi connectivity index (χ1) is 16.9. The number of carboxylic acid groups (broad SMARTS) is 1. The van der Waals surface area contributed by atoms with Crippen molar-refractivity contribution in [3.63, 3.8) is 0 Å². The average Bonchev–Trinajstić information content (AvgIpc) is 3.54. The summed E-state index contributed by atoms with van der Waals surface area (Å²) >= 11 is 0. The van der Waals surface area contributed by atoms with Gasteiger partial charge in [-0.05, 0) is 22.3 Å². The largest absolute Gasteiger partial charge is 0.476 e. The summed E-state index contributed by atoms with van der Waals surface area (Å²) in [5.41, 5.74) is 4.31. The zero-order valence-corrected chi connectivity index (χ0v) is 18.5. The van der Waals surface area contributed by atoms with E-state index in [0.717, 1.165) is 26.9 Å². The predicted molar refractivity (Wildman–Crippen MR) is 125 cm³/mol. The van der Waals surface area contributed by atoms with Crippen molar-refractivity contribution in [2.75, 3.05) is 17.2 Å². The summed E-state index contributed by atoms with van der Waals surface area (Å²) in [6.07, 6.45) is 0.513. The lowest BCUT2D eigenvalue weighted by Crippen LogP contribution is -2.18. The molecule has 5 rings (SSSR count). The van der Waals surface area contributed by atoms with Crippen LogP contribution in [0, 0.1) is 0 Å². The molecule has 0 unspecified atom stereocenters. The van der Waals surface area contributed by atoms with Gasteiger partial charge in [0, 0.05) is 19.0 Å². The number of nitrogens with one attached hydrogen (secondary N) is 3. The third kappa shape index (κ3) is 4.10. The van der Waals surface area contributed by atoms with Crippen molar-refractivity contribution in [1.82, 2.24) is 20.0 Å². The van der Waals surface area contributed by atoms with Gasteiger partial charge in [0.1, 0.15) is 12.3 Å². The standard InChI is InChI=1S/C24H20N6O5/c1-30-21(23(32)33)19(11-25-30)26-22(31)18-10-20(29-28-18)27-24(34)35-12-17-15-8-4-2-6-13(15)14-7-3-5-9-16(14)17/h2-11,17H,12H2,1H3,(H,26,31)(H,32,33)(H2,27,28,29,34). The van der Waals surface area contributed by atoms with Crippen LogP contribution < -0.4 is 10.6 Å². The van der Waals surface area contributed by atoms with Crippen molar-refractivity contribution >= 4 is 29.5 Å². The smallest absolute Gasteiger partial charge is 0.412 e. The van der Waals surface area contributed by atoms with E-state index in [0.29, 0.717) is 0 Å². The Labute approximate surface area is 198 Å². The number of aromatic carboxylic acids is 1. The summed E-state index contributed by atoms with van der Waals surface area (Å²) in [5.74, 6) is -1.88. The first-order valence-corrected chi connectivity index (χ1v) is 10.7. The molecule has 0 aliphatic heterocycles. The number of hydrogen-bond acceptors (Lipinski definition) is 6. The highest BCUT2D eigenvalue weighted by Gasteiger charge is 2.29. The van der Waals surface area contributed by atoms with Crippen molar-refractivity contribution in [1.29, 1.82) is 0 Å². The van der Waals surface area contributed by atoms with Crippen LogP contribution in [0.5, 0.6) is 0 Å². The summed E-state index contributed by atoms with van der Waals surface area (Å²) in [6.45, 7) is 0.136. The molecule has 2 heterocycles. The van der Waals surface area contributed by atoms with Crippen LogP contribution in [-0.2, 0) is 11.8 Å². The fourth-order valence-corrected chi connectivity index (χ4v) is 4.21. The van der Waals surface area contributed by atoms with Gasteiger partial charge in [0.25, 0.3) is 5.91 Å². The van der Waals surface area contributed by atoms with Gasteiger partial charge >= 0.3 is 12.1 Å². The number of ether oxygens (including phenoxy) is 1. The van der Waals surface area contributed by atoms with Gasteiger partial charge in [-0.3, -0.25) is 19.9 Å². The lowest BCUT2D eigenvalue weighted by molar-refractivity contribution is 0.0686. The van der Waals surface area contributed by atoms with Gasteiger partial charge < -0.3 is 15.2 Å². The van der Waals surface area contributed by atoms with Crippen LogP contribution in [0.3, 0.4) is 0 Å². The molecule has 4 N–H and O–H groups in total. The zero-order chi connectivity index (χ0) is 24.5. The molecule has 176 valence electrons. The Kier molecular flexibility index (Phi) is 5.49. The van der Waals surface area contributed by atoms with Crippen molar-refractivity contribution in [3.8, 4) is 11.1 Å². The molecule has 0 bridgehead atoms. The number of carboxylic acids is 1. The molecule has 0 saturated heterocycles. The van der Waals surface area contributed by atoms with E-state index >= 15 is 0 Å². The highest BCUT2D eigenvalue weighted by Crippen LogP contribution is 2.44. The Balaban J connectivity index is 1.22. The number of aromatic amines is 1. The van der Waals surface area contributed by atoms with Gasteiger partial charge in [0.2, 0.25) is 0 Å². The molecule has 1 aliphatic rings. The molecule has 0 fully saturated rings. The molecule has 11 nitrogen and oxygen atoms in total. The summed E-state index contributed by atoms with van der Waals surface area (Å²) in [6, 6.07) is 17.3. The molecule has 1 aliphatic carbocycles. The maximum Gasteiger partial charge on any atom is 0.412 e. The summed E-state index contributed by atoms with van der Waals surface area (Å²) < 4.78 is 6.61. The normalized spacial score (nSPS) is 12.0. The van der Waals surface area contributed by atoms with Crippen LogP contribution in [0.1, 0.15) is 38.0 Å². The number of carbonyl (C=O) groups is 3. The number of benzene rings is 2. The van der Waals surface area contributed by atoms with Gasteiger partial charge in [0.15, 0.2) is 11.5 Å². The number of fused-ring (bicyclic) bond motifs is 3. The Morgan fingerprint density at radius 2 is 1.71 bits per heavy atom. The summed E-state index contributed by atoms with van der Waals surface area (Å²) in [4.78, 5) is 36.2. The monoisotopic (exact) mass is 472 g/mol. The molecule has 0 spiro atoms. The highest BCUT2D eigenvalue weighted by atomic mass is 16.5. The van der Waals surface area contributed by atoms with Gasteiger partial charge in [-0.15, -0.1) is 0 Å². The van der Waals surface area contributed by atoms with Crippen LogP contribution >= 0.6 is 0 Å². The van der Waals surface area contributed by atoms with E-state index < -0.39 is 18.0 Å². The van der Waals surface area contributed by atoms with Gasteiger partial charge in [-0.1, -0.05) is 48.5 Å². The highest BCUT2D eigenvalue weighted by molar-refractivity contribution is 6.06. The molecule has 0 atom stereocenters. The van der Waals surface area contributed by atoms with Crippen molar-refractivity contribution in [3.05, 3.63) is 83.3 Å². The van der Waals surface area contributed by atoms with Gasteiger partial charge in [-0.2, -0.15) is 10.2 Å². The van der Waals surface area contributed by atoms with Crippen molar-refractivity contribution in [2.45, 2.75) is 5.92 Å². The first kappa shape index (κ1) is 21.9. The second kappa shape index (κ2) is 8.78. The summed E-state index contributed by atoms with van der Waals surface area (Å²) in [7, 11) is 1.45. The van der Waals surface area contributed by atoms with E-state index in [-0.39, 0.29) is 35.4 Å². The molecular formula is C24H20N6O5. The Morgan fingerprint density at radius 1 is 1.06 bits per heavy atom. The SMILES string of the molecule is Cn1ncc(NC(=O)c2cc(NC(=O)OCC3c4ccccc4-c4ccccc43)n[nH]2)c1C(=O)O. The fraction of sp³-hybridized carbons (Fsp3) is 0.125. The van der Waals surface area contributed by atoms with E-state index in [2.05, 4.69) is 38.1 Å². The second-order valence-electron chi connectivity index (χ2n) is 7.91. The maximum atomic E-state index is 12.5. The molecule has 2 aromatic carbocycles. The van der Waals surface area contributed by atoms with Gasteiger partial charge in [0.05, 0.1) is 11.9 Å². The number of hydrogen-bond donors (Lipinski definition) is 4. The molecular weight excluding hydrogens is 452 g/mol. The molecule has 2 aromatic heterocycles. The van der Waals surface area contributed by atoms with E-state index in [4.69, 9.17) is 4.74 Å². The number of rotatable bonds is 6. The van der Waals surface area contributed by atoms with E-state index in [1.54, 1.807) is 0 Å². The third-order valence-corrected chi connectivity index (χ3v) is 5.79. The minimum Gasteiger partial charge on any atom is -0.476 e. The molecule has 11 heteroatoms. The minimum absolute atomic E-state index is 0.0131. The van der Waals surface area contributed by atoms with Crippen LogP contribution in [0.2, 0.25) is 0 Å². The number of aryl methyl sites for hydroxylation is 1. The van der Waals surface area contributed by atoms with E-state index in [1.807, 2.05) is 36.4 Å². The van der Waals surface area contributed by atoms with Crippen LogP contribution in [0.15, 0.2) is 60.8 Å². The molecule has 2 amide bonds. The van der Waals surface area contributed by atoms with Gasteiger partial charge in [-0.25, -0.2) is 9.59 Å². The Bertz CT molecular complexity index is 1410. The van der Waals surface area contributed by atoms with E-state index in [9.17, 15) is 19.5 Å². The first-order valence-electron chi connectivity index (χ1n) is 10.7.